The van der Waals surface area contributed by atoms with Crippen LogP contribution in [0.15, 0.2) is 24.3 Å². The van der Waals surface area contributed by atoms with Crippen LogP contribution < -0.4 is 5.32 Å². The number of aldehydes is 1. The molecule has 0 atom stereocenters. The molecule has 1 amide bonds. The Balaban J connectivity index is 2.83. The molecule has 0 aliphatic rings. The van der Waals surface area contributed by atoms with E-state index < -0.39 is 5.91 Å². The smallest absolute Gasteiger partial charge is 0.288 e. The summed E-state index contributed by atoms with van der Waals surface area (Å²) in [6.45, 7) is 2.07. The summed E-state index contributed by atoms with van der Waals surface area (Å²) < 4.78 is 0. The summed E-state index contributed by atoms with van der Waals surface area (Å²) in [7, 11) is 0. The molecule has 0 aliphatic carbocycles. The zero-order valence-electron chi connectivity index (χ0n) is 8.12. The molecule has 0 aromatic heterocycles. The minimum absolute atomic E-state index is 0.280. The maximum atomic E-state index is 10.9. The zero-order chi connectivity index (χ0) is 10.4. The predicted octanol–water partition coefficient (Wildman–Crippen LogP) is 1.78. The number of rotatable bonds is 4. The molecular weight excluding hydrogens is 178 g/mol. The van der Waals surface area contributed by atoms with Crippen molar-refractivity contribution in [2.45, 2.75) is 19.8 Å². The fourth-order valence-electron chi connectivity index (χ4n) is 1.29. The van der Waals surface area contributed by atoms with Gasteiger partial charge in [-0.25, -0.2) is 0 Å². The SMILES string of the molecule is CCCc1ccccc1NC(=O)C=O. The number of para-hydroxylation sites is 1. The summed E-state index contributed by atoms with van der Waals surface area (Å²) >= 11 is 0. The first kappa shape index (κ1) is 10.4. The molecule has 3 heteroatoms. The number of amides is 1. The highest BCUT2D eigenvalue weighted by Gasteiger charge is 2.03. The Labute approximate surface area is 83.1 Å². The van der Waals surface area contributed by atoms with E-state index in [0.29, 0.717) is 0 Å². The third kappa shape index (κ3) is 2.69. The van der Waals surface area contributed by atoms with E-state index in [1.54, 1.807) is 6.07 Å². The largest absolute Gasteiger partial charge is 0.319 e. The van der Waals surface area contributed by atoms with Crippen molar-refractivity contribution in [2.75, 3.05) is 5.32 Å². The van der Waals surface area contributed by atoms with Gasteiger partial charge < -0.3 is 5.32 Å². The molecule has 0 radical (unpaired) electrons. The second kappa shape index (κ2) is 5.17. The van der Waals surface area contributed by atoms with Crippen LogP contribution in [0.3, 0.4) is 0 Å². The Kier molecular flexibility index (Phi) is 3.85. The maximum Gasteiger partial charge on any atom is 0.288 e. The molecule has 0 saturated heterocycles. The molecule has 0 aliphatic heterocycles. The zero-order valence-corrected chi connectivity index (χ0v) is 8.12. The molecule has 1 N–H and O–H groups in total. The number of benzene rings is 1. The third-order valence-corrected chi connectivity index (χ3v) is 1.90. The van der Waals surface area contributed by atoms with E-state index in [1.807, 2.05) is 18.2 Å². The van der Waals surface area contributed by atoms with E-state index in [1.165, 1.54) is 0 Å². The van der Waals surface area contributed by atoms with Crippen molar-refractivity contribution in [1.29, 1.82) is 0 Å². The fourth-order valence-corrected chi connectivity index (χ4v) is 1.29. The van der Waals surface area contributed by atoms with Gasteiger partial charge in [-0.1, -0.05) is 31.5 Å². The first-order chi connectivity index (χ1) is 6.77. The number of carbonyl (C=O) groups excluding carboxylic acids is 2. The maximum absolute atomic E-state index is 10.9. The van der Waals surface area contributed by atoms with Crippen molar-refractivity contribution >= 4 is 17.9 Å². The highest BCUT2D eigenvalue weighted by Crippen LogP contribution is 2.16. The second-order valence-corrected chi connectivity index (χ2v) is 3.01. The van der Waals surface area contributed by atoms with Crippen LogP contribution >= 0.6 is 0 Å². The molecule has 1 aromatic rings. The Morgan fingerprint density at radius 1 is 1.43 bits per heavy atom. The minimum Gasteiger partial charge on any atom is -0.319 e. The summed E-state index contributed by atoms with van der Waals surface area (Å²) in [6.07, 6.45) is 2.19. The molecular formula is C11H13NO2. The average molecular weight is 191 g/mol. The van der Waals surface area contributed by atoms with Crippen molar-refractivity contribution in [1.82, 2.24) is 0 Å². The van der Waals surface area contributed by atoms with Crippen molar-refractivity contribution in [3.63, 3.8) is 0 Å². The van der Waals surface area contributed by atoms with Gasteiger partial charge in [-0.15, -0.1) is 0 Å². The summed E-state index contributed by atoms with van der Waals surface area (Å²) in [5.74, 6) is -0.603. The van der Waals surface area contributed by atoms with Crippen LogP contribution in [0.1, 0.15) is 18.9 Å². The van der Waals surface area contributed by atoms with Gasteiger partial charge in [-0.05, 0) is 18.1 Å². The Bertz CT molecular complexity index is 334. The normalized spacial score (nSPS) is 9.50. The molecule has 0 saturated carbocycles. The molecule has 1 rings (SSSR count). The lowest BCUT2D eigenvalue weighted by Gasteiger charge is -2.07. The number of nitrogens with one attached hydrogen (secondary N) is 1. The van der Waals surface area contributed by atoms with Crippen LogP contribution in [0.25, 0.3) is 0 Å². The number of hydrogen-bond acceptors (Lipinski definition) is 2. The average Bonchev–Trinajstić information content (AvgIpc) is 2.21. The number of anilines is 1. The van der Waals surface area contributed by atoms with Crippen molar-refractivity contribution in [3.05, 3.63) is 29.8 Å². The minimum atomic E-state index is -0.603. The van der Waals surface area contributed by atoms with Crippen LogP contribution in [-0.4, -0.2) is 12.2 Å². The van der Waals surface area contributed by atoms with Gasteiger partial charge in [0, 0.05) is 5.69 Å². The predicted molar refractivity (Wildman–Crippen MR) is 55.1 cm³/mol. The Hall–Kier alpha value is -1.64. The van der Waals surface area contributed by atoms with Crippen LogP contribution in [0.4, 0.5) is 5.69 Å². The van der Waals surface area contributed by atoms with Crippen molar-refractivity contribution in [3.8, 4) is 0 Å². The monoisotopic (exact) mass is 191 g/mol. The van der Waals surface area contributed by atoms with Crippen LogP contribution in [0.2, 0.25) is 0 Å². The summed E-state index contributed by atoms with van der Waals surface area (Å²) in [4.78, 5) is 21.0. The van der Waals surface area contributed by atoms with Gasteiger partial charge in [0.2, 0.25) is 6.29 Å². The van der Waals surface area contributed by atoms with E-state index in [-0.39, 0.29) is 6.29 Å². The standard InChI is InChI=1S/C11H13NO2/c1-2-5-9-6-3-4-7-10(9)12-11(14)8-13/h3-4,6-8H,2,5H2,1H3,(H,12,14). The topological polar surface area (TPSA) is 46.2 Å². The van der Waals surface area contributed by atoms with Crippen molar-refractivity contribution in [2.24, 2.45) is 0 Å². The molecule has 74 valence electrons. The van der Waals surface area contributed by atoms with Gasteiger partial charge in [0.1, 0.15) is 0 Å². The number of hydrogen-bond donors (Lipinski definition) is 1. The summed E-state index contributed by atoms with van der Waals surface area (Å²) in [6, 6.07) is 7.50. The van der Waals surface area contributed by atoms with E-state index in [4.69, 9.17) is 0 Å². The summed E-state index contributed by atoms with van der Waals surface area (Å²) in [5.41, 5.74) is 1.79. The highest BCUT2D eigenvalue weighted by atomic mass is 16.2. The first-order valence-corrected chi connectivity index (χ1v) is 4.62. The van der Waals surface area contributed by atoms with Crippen molar-refractivity contribution < 1.29 is 9.59 Å². The number of carbonyl (C=O) groups is 2. The lowest BCUT2D eigenvalue weighted by atomic mass is 10.1. The van der Waals surface area contributed by atoms with Gasteiger partial charge >= 0.3 is 0 Å². The molecule has 0 fully saturated rings. The van der Waals surface area contributed by atoms with Gasteiger partial charge in [0.15, 0.2) is 0 Å². The van der Waals surface area contributed by atoms with Crippen LogP contribution in [0.5, 0.6) is 0 Å². The molecule has 3 nitrogen and oxygen atoms in total. The van der Waals surface area contributed by atoms with Gasteiger partial charge in [0.25, 0.3) is 5.91 Å². The van der Waals surface area contributed by atoms with Crippen LogP contribution in [0, 0.1) is 0 Å². The Morgan fingerprint density at radius 3 is 2.79 bits per heavy atom. The quantitative estimate of drug-likeness (QED) is 0.582. The van der Waals surface area contributed by atoms with E-state index in [2.05, 4.69) is 12.2 Å². The molecule has 1 aromatic carbocycles. The van der Waals surface area contributed by atoms with E-state index in [9.17, 15) is 9.59 Å². The number of aryl methyl sites for hydroxylation is 1. The lowest BCUT2D eigenvalue weighted by molar-refractivity contribution is -0.127. The third-order valence-electron chi connectivity index (χ3n) is 1.90. The molecule has 0 unspecified atom stereocenters. The van der Waals surface area contributed by atoms with Gasteiger partial charge in [-0.2, -0.15) is 0 Å². The first-order valence-electron chi connectivity index (χ1n) is 4.62. The molecule has 0 bridgehead atoms. The van der Waals surface area contributed by atoms with Gasteiger partial charge in [0.05, 0.1) is 0 Å². The fraction of sp³-hybridized carbons (Fsp3) is 0.273. The van der Waals surface area contributed by atoms with Gasteiger partial charge in [-0.3, -0.25) is 9.59 Å². The highest BCUT2D eigenvalue weighted by molar-refractivity contribution is 6.29. The van der Waals surface area contributed by atoms with E-state index in [0.717, 1.165) is 24.1 Å². The molecule has 14 heavy (non-hydrogen) atoms. The molecule has 0 spiro atoms. The Morgan fingerprint density at radius 2 is 2.14 bits per heavy atom. The summed E-state index contributed by atoms with van der Waals surface area (Å²) in [5, 5.41) is 2.54. The van der Waals surface area contributed by atoms with Crippen LogP contribution in [-0.2, 0) is 16.0 Å². The second-order valence-electron chi connectivity index (χ2n) is 3.01. The molecule has 0 heterocycles. The van der Waals surface area contributed by atoms with E-state index >= 15 is 0 Å². The lowest BCUT2D eigenvalue weighted by Crippen LogP contribution is -2.13.